The molecule has 3 heterocycles. The lowest BCUT2D eigenvalue weighted by atomic mass is 9.98. The molecule has 1 aromatic carbocycles. The van der Waals surface area contributed by atoms with Crippen LogP contribution in [0.25, 0.3) is 0 Å². The number of likely N-dealkylation sites (tertiary alicyclic amines) is 1. The van der Waals surface area contributed by atoms with Gasteiger partial charge < -0.3 is 26.4 Å². The molecule has 5 N–H and O–H groups in total. The number of nitrogen functional groups attached to an aromatic ring is 1. The summed E-state index contributed by atoms with van der Waals surface area (Å²) >= 11 is 6.53. The van der Waals surface area contributed by atoms with Crippen molar-refractivity contribution in [2.24, 2.45) is 5.73 Å². The average molecular weight is 571 g/mol. The summed E-state index contributed by atoms with van der Waals surface area (Å²) in [6, 6.07) is 8.97. The third kappa shape index (κ3) is 6.94. The van der Waals surface area contributed by atoms with E-state index in [9.17, 15) is 9.59 Å². The molecule has 1 saturated carbocycles. The van der Waals surface area contributed by atoms with Crippen LogP contribution < -0.4 is 26.4 Å². The summed E-state index contributed by atoms with van der Waals surface area (Å²) in [6.45, 7) is 7.57. The van der Waals surface area contributed by atoms with E-state index in [1.54, 1.807) is 0 Å². The van der Waals surface area contributed by atoms with Crippen molar-refractivity contribution >= 4 is 35.1 Å². The van der Waals surface area contributed by atoms with Crippen molar-refractivity contribution in [2.75, 3.05) is 50.0 Å². The topological polar surface area (TPSA) is 143 Å². The van der Waals surface area contributed by atoms with Crippen molar-refractivity contribution in [2.45, 2.75) is 63.7 Å². The van der Waals surface area contributed by atoms with Gasteiger partial charge in [-0.3, -0.25) is 19.4 Å². The van der Waals surface area contributed by atoms with E-state index in [0.29, 0.717) is 23.7 Å². The standard InChI is InChI=1S/C28H39ClN8O3/c1-2-20-16-36(27-25(29)33-24(26(31)34-27)28(39)32-19-5-6-19)13-14-37(20)21-9-11-35(12-10-21)15-18-3-7-22(8-4-18)40-17-23(30)38/h3-4,7-8,19-21H,2,5-6,9-17H2,1H3,(H2,30,38)(H2,31,34)(H,32,39)/t20-/m0/s1. The molecule has 3 aliphatic rings. The molecule has 216 valence electrons. The van der Waals surface area contributed by atoms with Crippen LogP contribution in [0.5, 0.6) is 5.75 Å². The number of anilines is 2. The van der Waals surface area contributed by atoms with Crippen LogP contribution in [0.3, 0.4) is 0 Å². The Morgan fingerprint density at radius 3 is 2.45 bits per heavy atom. The van der Waals surface area contributed by atoms with Crippen LogP contribution in [-0.4, -0.2) is 89.0 Å². The van der Waals surface area contributed by atoms with Gasteiger partial charge in [-0.1, -0.05) is 30.7 Å². The zero-order chi connectivity index (χ0) is 28.2. The number of nitrogens with zero attached hydrogens (tertiary/aromatic N) is 5. The predicted octanol–water partition coefficient (Wildman–Crippen LogP) is 2.03. The number of hydrogen-bond donors (Lipinski definition) is 3. The Balaban J connectivity index is 1.13. The lowest BCUT2D eigenvalue weighted by Crippen LogP contribution is -2.58. The molecule has 2 amide bonds. The van der Waals surface area contributed by atoms with Gasteiger partial charge in [0.1, 0.15) is 5.75 Å². The smallest absolute Gasteiger partial charge is 0.274 e. The van der Waals surface area contributed by atoms with E-state index in [1.165, 1.54) is 5.56 Å². The number of amides is 2. The van der Waals surface area contributed by atoms with Crippen molar-refractivity contribution in [1.82, 2.24) is 25.1 Å². The molecule has 40 heavy (non-hydrogen) atoms. The van der Waals surface area contributed by atoms with Crippen LogP contribution >= 0.6 is 11.6 Å². The molecule has 0 spiro atoms. The number of rotatable bonds is 10. The van der Waals surface area contributed by atoms with E-state index in [4.69, 9.17) is 27.8 Å². The maximum atomic E-state index is 12.5. The molecule has 0 radical (unpaired) electrons. The summed E-state index contributed by atoms with van der Waals surface area (Å²) in [7, 11) is 0. The van der Waals surface area contributed by atoms with Gasteiger partial charge in [0.25, 0.3) is 11.8 Å². The number of hydrogen-bond acceptors (Lipinski definition) is 9. The highest BCUT2D eigenvalue weighted by molar-refractivity contribution is 6.32. The van der Waals surface area contributed by atoms with Gasteiger partial charge in [0.05, 0.1) is 0 Å². The number of nitrogens with two attached hydrogens (primary N) is 2. The first kappa shape index (κ1) is 28.4. The van der Waals surface area contributed by atoms with Crippen molar-refractivity contribution in [3.8, 4) is 5.75 Å². The average Bonchev–Trinajstić information content (AvgIpc) is 3.77. The molecule has 0 bridgehead atoms. The van der Waals surface area contributed by atoms with E-state index in [2.05, 4.69) is 36.9 Å². The van der Waals surface area contributed by atoms with Gasteiger partial charge in [0, 0.05) is 44.3 Å². The maximum Gasteiger partial charge on any atom is 0.274 e. The highest BCUT2D eigenvalue weighted by Crippen LogP contribution is 2.30. The van der Waals surface area contributed by atoms with Gasteiger partial charge in [-0.15, -0.1) is 0 Å². The zero-order valence-corrected chi connectivity index (χ0v) is 23.8. The predicted molar refractivity (Wildman–Crippen MR) is 154 cm³/mol. The van der Waals surface area contributed by atoms with Crippen LogP contribution in [0.2, 0.25) is 5.15 Å². The van der Waals surface area contributed by atoms with E-state index < -0.39 is 5.91 Å². The SMILES string of the molecule is CC[C@H]1CN(c2nc(N)c(C(=O)NC3CC3)nc2Cl)CCN1C1CCN(Cc2ccc(OCC(N)=O)cc2)CC1. The lowest BCUT2D eigenvalue weighted by Gasteiger charge is -2.47. The van der Waals surface area contributed by atoms with Crippen molar-refractivity contribution in [1.29, 1.82) is 0 Å². The third-order valence-corrected chi connectivity index (χ3v) is 8.28. The van der Waals surface area contributed by atoms with E-state index >= 15 is 0 Å². The van der Waals surface area contributed by atoms with E-state index in [1.807, 2.05) is 24.3 Å². The molecule has 2 saturated heterocycles. The van der Waals surface area contributed by atoms with Gasteiger partial charge in [-0.25, -0.2) is 9.97 Å². The molecule has 0 unspecified atom stereocenters. The second kappa shape index (κ2) is 12.6. The van der Waals surface area contributed by atoms with Gasteiger partial charge >= 0.3 is 0 Å². The highest BCUT2D eigenvalue weighted by Gasteiger charge is 2.35. The summed E-state index contributed by atoms with van der Waals surface area (Å²) in [5, 5.41) is 3.12. The molecule has 5 rings (SSSR count). The minimum Gasteiger partial charge on any atom is -0.484 e. The second-order valence-electron chi connectivity index (χ2n) is 11.0. The fourth-order valence-electron chi connectivity index (χ4n) is 5.69. The van der Waals surface area contributed by atoms with Gasteiger partial charge in [0.2, 0.25) is 0 Å². The van der Waals surface area contributed by atoms with Crippen molar-refractivity contribution in [3.63, 3.8) is 0 Å². The Morgan fingerprint density at radius 1 is 1.07 bits per heavy atom. The summed E-state index contributed by atoms with van der Waals surface area (Å²) in [4.78, 5) is 39.5. The first-order valence-corrected chi connectivity index (χ1v) is 14.6. The first-order chi connectivity index (χ1) is 19.3. The fraction of sp³-hybridized carbons (Fsp3) is 0.571. The van der Waals surface area contributed by atoms with Crippen LogP contribution in [0.4, 0.5) is 11.6 Å². The largest absolute Gasteiger partial charge is 0.484 e. The van der Waals surface area contributed by atoms with Crippen molar-refractivity contribution in [3.05, 3.63) is 40.7 Å². The molecule has 2 aliphatic heterocycles. The zero-order valence-electron chi connectivity index (χ0n) is 23.0. The number of piperazine rings is 1. The summed E-state index contributed by atoms with van der Waals surface area (Å²) in [6.07, 6.45) is 5.22. The summed E-state index contributed by atoms with van der Waals surface area (Å²) in [5.41, 5.74) is 12.6. The minimum atomic E-state index is -0.482. The van der Waals surface area contributed by atoms with E-state index in [0.717, 1.165) is 71.4 Å². The Morgan fingerprint density at radius 2 is 1.80 bits per heavy atom. The van der Waals surface area contributed by atoms with E-state index in [-0.39, 0.29) is 35.2 Å². The third-order valence-electron chi connectivity index (χ3n) is 8.03. The molecular weight excluding hydrogens is 532 g/mol. The fourth-order valence-corrected chi connectivity index (χ4v) is 5.93. The molecule has 2 aromatic rings. The number of carbonyl (C=O) groups is 2. The maximum absolute atomic E-state index is 12.5. The van der Waals surface area contributed by atoms with Gasteiger partial charge in [-0.2, -0.15) is 0 Å². The normalized spacial score (nSPS) is 20.9. The second-order valence-corrected chi connectivity index (χ2v) is 11.3. The monoisotopic (exact) mass is 570 g/mol. The molecule has 11 nitrogen and oxygen atoms in total. The number of nitrogens with one attached hydrogen (secondary N) is 1. The number of piperidine rings is 1. The molecule has 1 atom stereocenters. The molecule has 1 aliphatic carbocycles. The Kier molecular flexibility index (Phi) is 8.92. The Bertz CT molecular complexity index is 1200. The lowest BCUT2D eigenvalue weighted by molar-refractivity contribution is -0.119. The highest BCUT2D eigenvalue weighted by atomic mass is 35.5. The minimum absolute atomic E-state index is 0.102. The molecule has 12 heteroatoms. The van der Waals surface area contributed by atoms with Gasteiger partial charge in [0.15, 0.2) is 29.1 Å². The number of ether oxygens (including phenoxy) is 1. The molecular formula is C28H39ClN8O3. The quantitative estimate of drug-likeness (QED) is 0.391. The number of carbonyl (C=O) groups excluding carboxylic acids is 2. The number of halogens is 1. The van der Waals surface area contributed by atoms with Crippen LogP contribution in [0.1, 0.15) is 55.1 Å². The van der Waals surface area contributed by atoms with Crippen LogP contribution in [0.15, 0.2) is 24.3 Å². The summed E-state index contributed by atoms with van der Waals surface area (Å²) in [5.74, 6) is 0.532. The Labute approximate surface area is 240 Å². The number of benzene rings is 1. The number of aromatic nitrogens is 2. The van der Waals surface area contributed by atoms with Crippen LogP contribution in [0, 0.1) is 0 Å². The first-order valence-electron chi connectivity index (χ1n) is 14.2. The van der Waals surface area contributed by atoms with Crippen molar-refractivity contribution < 1.29 is 14.3 Å². The molecule has 1 aromatic heterocycles. The summed E-state index contributed by atoms with van der Waals surface area (Å²) < 4.78 is 5.36. The van der Waals surface area contributed by atoms with Gasteiger partial charge in [-0.05, 0) is 62.9 Å². The van der Waals surface area contributed by atoms with Crippen LogP contribution in [-0.2, 0) is 11.3 Å². The Hall–Kier alpha value is -3.15. The molecule has 3 fully saturated rings. The number of primary amides is 1.